The molecule has 1 aliphatic carbocycles. The highest BCUT2D eigenvalue weighted by atomic mass is 19.3. The van der Waals surface area contributed by atoms with Crippen molar-refractivity contribution in [1.82, 2.24) is 0 Å². The van der Waals surface area contributed by atoms with Gasteiger partial charge in [-0.15, -0.1) is 0 Å². The second kappa shape index (κ2) is 13.2. The van der Waals surface area contributed by atoms with Crippen LogP contribution in [0.2, 0.25) is 0 Å². The SMILES string of the molecule is COCCC1CCC(c2cc(F)c(C(F)(F)Oc3ccc(-c4ccc(-c5cc(F)c(F)c(F)c5)c(F)c4)c(F)c3)c(F)c2)CC1. The monoisotopic (exact) mass is 638 g/mol. The largest absolute Gasteiger partial charge is 0.432 e. The summed E-state index contributed by atoms with van der Waals surface area (Å²) in [5.41, 5.74) is -2.28. The first-order valence-electron chi connectivity index (χ1n) is 14.2. The Labute approximate surface area is 253 Å². The van der Waals surface area contributed by atoms with Gasteiger partial charge in [-0.05, 0) is 103 Å². The molecule has 0 amide bonds. The zero-order valence-electron chi connectivity index (χ0n) is 23.9. The Morgan fingerprint density at radius 3 is 1.78 bits per heavy atom. The summed E-state index contributed by atoms with van der Waals surface area (Å²) in [5.74, 6) is -10.4. The van der Waals surface area contributed by atoms with Crippen LogP contribution in [-0.2, 0) is 10.8 Å². The van der Waals surface area contributed by atoms with Crippen LogP contribution in [0.15, 0.2) is 60.7 Å². The average Bonchev–Trinajstić information content (AvgIpc) is 2.98. The van der Waals surface area contributed by atoms with E-state index in [0.717, 1.165) is 55.7 Å². The lowest BCUT2D eigenvalue weighted by molar-refractivity contribution is -0.189. The van der Waals surface area contributed by atoms with E-state index in [1.807, 2.05) is 0 Å². The molecule has 4 aromatic rings. The van der Waals surface area contributed by atoms with Crippen LogP contribution in [0, 0.1) is 46.6 Å². The van der Waals surface area contributed by atoms with Crippen molar-refractivity contribution in [2.45, 2.75) is 44.1 Å². The van der Waals surface area contributed by atoms with Gasteiger partial charge in [0, 0.05) is 30.9 Å². The first-order valence-corrected chi connectivity index (χ1v) is 14.2. The Hall–Kier alpha value is -3.99. The van der Waals surface area contributed by atoms with Crippen molar-refractivity contribution in [3.05, 3.63) is 113 Å². The summed E-state index contributed by atoms with van der Waals surface area (Å²) >= 11 is 0. The Morgan fingerprint density at radius 1 is 0.644 bits per heavy atom. The van der Waals surface area contributed by atoms with Gasteiger partial charge in [0.25, 0.3) is 0 Å². The molecule has 45 heavy (non-hydrogen) atoms. The first-order chi connectivity index (χ1) is 21.4. The highest BCUT2D eigenvalue weighted by Gasteiger charge is 2.42. The minimum absolute atomic E-state index is 0.0736. The second-order valence-electron chi connectivity index (χ2n) is 11.1. The van der Waals surface area contributed by atoms with E-state index in [0.29, 0.717) is 43.6 Å². The van der Waals surface area contributed by atoms with Gasteiger partial charge >= 0.3 is 6.11 Å². The number of alkyl halides is 2. The standard InChI is InChI=1S/C34H27F9O2/c1-44-11-10-18-2-4-19(5-3-18)21-13-28(37)32(29(38)14-21)34(42,43)45-23-7-9-24(27(36)17-23)20-6-8-25(26(35)12-20)22-15-30(39)33(41)31(40)16-22/h6-9,12-19H,2-5,10-11H2,1H3. The molecule has 0 atom stereocenters. The lowest BCUT2D eigenvalue weighted by Crippen LogP contribution is -2.26. The molecule has 1 saturated carbocycles. The fraction of sp³-hybridized carbons (Fsp3) is 0.294. The molecular formula is C34H27F9O2. The molecule has 0 spiro atoms. The average molecular weight is 639 g/mol. The summed E-state index contributed by atoms with van der Waals surface area (Å²) in [6.45, 7) is 0.617. The number of benzene rings is 4. The van der Waals surface area contributed by atoms with E-state index in [4.69, 9.17) is 4.74 Å². The smallest absolute Gasteiger partial charge is 0.429 e. The molecule has 0 heterocycles. The molecule has 0 saturated heterocycles. The summed E-state index contributed by atoms with van der Waals surface area (Å²) in [4.78, 5) is 0. The number of ether oxygens (including phenoxy) is 2. The highest BCUT2D eigenvalue weighted by molar-refractivity contribution is 5.72. The predicted molar refractivity (Wildman–Crippen MR) is 149 cm³/mol. The fourth-order valence-electron chi connectivity index (χ4n) is 5.80. The zero-order valence-corrected chi connectivity index (χ0v) is 23.9. The van der Waals surface area contributed by atoms with Gasteiger partial charge in [-0.25, -0.2) is 30.7 Å². The molecule has 0 aliphatic heterocycles. The summed E-state index contributed by atoms with van der Waals surface area (Å²) in [6, 6.07) is 8.52. The molecular weight excluding hydrogens is 611 g/mol. The van der Waals surface area contributed by atoms with Gasteiger partial charge < -0.3 is 9.47 Å². The molecule has 1 fully saturated rings. The molecule has 0 aromatic heterocycles. The van der Waals surface area contributed by atoms with E-state index in [9.17, 15) is 30.7 Å². The fourth-order valence-corrected chi connectivity index (χ4v) is 5.80. The van der Waals surface area contributed by atoms with Gasteiger partial charge in [0.2, 0.25) is 0 Å². The van der Waals surface area contributed by atoms with Gasteiger partial charge in [0.05, 0.1) is 0 Å². The van der Waals surface area contributed by atoms with E-state index >= 15 is 8.78 Å². The van der Waals surface area contributed by atoms with E-state index < -0.39 is 58.1 Å². The van der Waals surface area contributed by atoms with Gasteiger partial charge in [-0.2, -0.15) is 8.78 Å². The number of rotatable bonds is 9. The lowest BCUT2D eigenvalue weighted by atomic mass is 9.77. The van der Waals surface area contributed by atoms with Crippen molar-refractivity contribution in [2.75, 3.05) is 13.7 Å². The maximum absolute atomic E-state index is 15.0. The summed E-state index contributed by atoms with van der Waals surface area (Å²) in [5, 5.41) is 0. The van der Waals surface area contributed by atoms with Crippen LogP contribution in [0.1, 0.15) is 49.1 Å². The molecule has 0 N–H and O–H groups in total. The highest BCUT2D eigenvalue weighted by Crippen LogP contribution is 2.41. The van der Waals surface area contributed by atoms with Crippen molar-refractivity contribution in [3.8, 4) is 28.0 Å². The molecule has 5 rings (SSSR count). The number of hydrogen-bond acceptors (Lipinski definition) is 2. The van der Waals surface area contributed by atoms with E-state index in [1.54, 1.807) is 7.11 Å². The molecule has 4 aromatic carbocycles. The van der Waals surface area contributed by atoms with Crippen LogP contribution < -0.4 is 4.74 Å². The van der Waals surface area contributed by atoms with Gasteiger partial charge in [-0.3, -0.25) is 0 Å². The Balaban J connectivity index is 1.32. The van der Waals surface area contributed by atoms with E-state index in [2.05, 4.69) is 4.74 Å². The zero-order chi connectivity index (χ0) is 32.5. The number of halogens is 9. The van der Waals surface area contributed by atoms with Crippen LogP contribution in [-0.4, -0.2) is 13.7 Å². The lowest BCUT2D eigenvalue weighted by Gasteiger charge is -2.29. The molecule has 0 bridgehead atoms. The summed E-state index contributed by atoms with van der Waals surface area (Å²) in [7, 11) is 1.61. The molecule has 0 radical (unpaired) electrons. The van der Waals surface area contributed by atoms with Crippen molar-refractivity contribution in [3.63, 3.8) is 0 Å². The third-order valence-corrected chi connectivity index (χ3v) is 8.17. The quantitative estimate of drug-likeness (QED) is 0.134. The Kier molecular flexibility index (Phi) is 9.48. The number of methoxy groups -OCH3 is 1. The topological polar surface area (TPSA) is 18.5 Å². The van der Waals surface area contributed by atoms with Crippen molar-refractivity contribution in [1.29, 1.82) is 0 Å². The van der Waals surface area contributed by atoms with Crippen LogP contribution in [0.5, 0.6) is 5.75 Å². The number of hydrogen-bond donors (Lipinski definition) is 0. The summed E-state index contributed by atoms with van der Waals surface area (Å²) in [6.07, 6.45) is -0.675. The van der Waals surface area contributed by atoms with E-state index in [-0.39, 0.29) is 33.7 Å². The molecule has 11 heteroatoms. The normalized spacial score (nSPS) is 17.0. The summed E-state index contributed by atoms with van der Waals surface area (Å²) < 4.78 is 140. The maximum atomic E-state index is 15.0. The molecule has 0 unspecified atom stereocenters. The van der Waals surface area contributed by atoms with E-state index in [1.165, 1.54) is 6.07 Å². The third kappa shape index (κ3) is 6.98. The van der Waals surface area contributed by atoms with Gasteiger partial charge in [-0.1, -0.05) is 12.1 Å². The van der Waals surface area contributed by atoms with Gasteiger partial charge in [0.15, 0.2) is 17.5 Å². The van der Waals surface area contributed by atoms with Crippen LogP contribution in [0.25, 0.3) is 22.3 Å². The molecule has 1 aliphatic rings. The molecule has 2 nitrogen and oxygen atoms in total. The Morgan fingerprint density at radius 2 is 1.20 bits per heavy atom. The Bertz CT molecular complexity index is 1650. The maximum Gasteiger partial charge on any atom is 0.432 e. The van der Waals surface area contributed by atoms with Crippen molar-refractivity contribution in [2.24, 2.45) is 5.92 Å². The van der Waals surface area contributed by atoms with Crippen LogP contribution >= 0.6 is 0 Å². The van der Waals surface area contributed by atoms with Gasteiger partial charge in [0.1, 0.15) is 34.6 Å². The van der Waals surface area contributed by atoms with Crippen LogP contribution in [0.4, 0.5) is 39.5 Å². The van der Waals surface area contributed by atoms with Crippen LogP contribution in [0.3, 0.4) is 0 Å². The first kappa shape index (κ1) is 32.4. The predicted octanol–water partition coefficient (Wildman–Crippen LogP) is 10.4. The minimum Gasteiger partial charge on any atom is -0.429 e. The van der Waals surface area contributed by atoms with Crippen molar-refractivity contribution >= 4 is 0 Å². The van der Waals surface area contributed by atoms with Crippen molar-refractivity contribution < 1.29 is 49.0 Å². The second-order valence-corrected chi connectivity index (χ2v) is 11.1. The third-order valence-electron chi connectivity index (χ3n) is 8.17. The minimum atomic E-state index is -4.51. The molecule has 238 valence electrons.